The van der Waals surface area contributed by atoms with E-state index in [2.05, 4.69) is 39.8 Å². The highest BCUT2D eigenvalue weighted by atomic mass is 32.2. The first-order valence-corrected chi connectivity index (χ1v) is 11.2. The number of carbonyl (C=O) groups is 1. The van der Waals surface area contributed by atoms with Crippen LogP contribution in [0.3, 0.4) is 0 Å². The summed E-state index contributed by atoms with van der Waals surface area (Å²) >= 11 is 1.21. The molecular weight excluding hydrogens is 422 g/mol. The molecule has 1 aromatic heterocycles. The second-order valence-corrected chi connectivity index (χ2v) is 8.09. The first-order chi connectivity index (χ1) is 15.6. The number of hydrogen-bond donors (Lipinski definition) is 1. The van der Waals surface area contributed by atoms with Gasteiger partial charge in [-0.05, 0) is 47.9 Å². The summed E-state index contributed by atoms with van der Waals surface area (Å²) in [7, 11) is 1.61. The molecule has 0 fully saturated rings. The Morgan fingerprint density at radius 2 is 1.59 bits per heavy atom. The Kier molecular flexibility index (Phi) is 6.87. The Labute approximate surface area is 191 Å². The Balaban J connectivity index is 1.29. The SMILES string of the molecule is COc1ccc(-c2nnc(SCC(=O)NC(C)c3ccc(-c4ccccc4)cc3)o2)cc1. The quantitative estimate of drug-likeness (QED) is 0.367. The lowest BCUT2D eigenvalue weighted by molar-refractivity contribution is -0.119. The molecule has 0 saturated carbocycles. The number of ether oxygens (including phenoxy) is 1. The number of nitrogens with zero attached hydrogens (tertiary/aromatic N) is 2. The van der Waals surface area contributed by atoms with Crippen molar-refractivity contribution < 1.29 is 13.9 Å². The molecule has 0 saturated heterocycles. The Morgan fingerprint density at radius 1 is 0.938 bits per heavy atom. The highest BCUT2D eigenvalue weighted by Gasteiger charge is 2.14. The van der Waals surface area contributed by atoms with Crippen LogP contribution in [-0.2, 0) is 4.79 Å². The molecule has 4 rings (SSSR count). The third-order valence-electron chi connectivity index (χ3n) is 4.97. The van der Waals surface area contributed by atoms with E-state index in [1.807, 2.05) is 61.5 Å². The molecule has 162 valence electrons. The molecule has 4 aromatic rings. The maximum Gasteiger partial charge on any atom is 0.277 e. The molecular formula is C25H23N3O3S. The largest absolute Gasteiger partial charge is 0.497 e. The van der Waals surface area contributed by atoms with Gasteiger partial charge in [0.1, 0.15) is 5.75 Å². The minimum Gasteiger partial charge on any atom is -0.497 e. The molecule has 0 aliphatic heterocycles. The molecule has 1 heterocycles. The summed E-state index contributed by atoms with van der Waals surface area (Å²) in [6.07, 6.45) is 0. The van der Waals surface area contributed by atoms with Gasteiger partial charge in [0.25, 0.3) is 5.22 Å². The molecule has 1 unspecified atom stereocenters. The Hall–Kier alpha value is -3.58. The van der Waals surface area contributed by atoms with Gasteiger partial charge in [-0.2, -0.15) is 0 Å². The number of rotatable bonds is 8. The van der Waals surface area contributed by atoms with Crippen LogP contribution in [0.4, 0.5) is 0 Å². The smallest absolute Gasteiger partial charge is 0.277 e. The molecule has 0 aliphatic carbocycles. The minimum atomic E-state index is -0.106. The molecule has 0 spiro atoms. The van der Waals surface area contributed by atoms with Crippen molar-refractivity contribution in [3.05, 3.63) is 84.4 Å². The number of carbonyl (C=O) groups excluding carboxylic acids is 1. The van der Waals surface area contributed by atoms with E-state index in [4.69, 9.17) is 9.15 Å². The molecule has 0 radical (unpaired) electrons. The van der Waals surface area contributed by atoms with E-state index in [1.54, 1.807) is 7.11 Å². The number of nitrogens with one attached hydrogen (secondary N) is 1. The van der Waals surface area contributed by atoms with Crippen LogP contribution in [0.15, 0.2) is 88.5 Å². The van der Waals surface area contributed by atoms with E-state index in [0.29, 0.717) is 11.1 Å². The summed E-state index contributed by atoms with van der Waals surface area (Å²) in [5.41, 5.74) is 4.15. The predicted octanol–water partition coefficient (Wildman–Crippen LogP) is 5.38. The van der Waals surface area contributed by atoms with Crippen LogP contribution in [0.5, 0.6) is 5.75 Å². The maximum atomic E-state index is 12.4. The lowest BCUT2D eigenvalue weighted by Gasteiger charge is -2.14. The molecule has 0 aliphatic rings. The van der Waals surface area contributed by atoms with Gasteiger partial charge in [-0.1, -0.05) is 66.4 Å². The Bertz CT molecular complexity index is 1160. The molecule has 3 aromatic carbocycles. The second kappa shape index (κ2) is 10.2. The van der Waals surface area contributed by atoms with E-state index in [0.717, 1.165) is 22.4 Å². The summed E-state index contributed by atoms with van der Waals surface area (Å²) in [6, 6.07) is 25.7. The third-order valence-corrected chi connectivity index (χ3v) is 5.78. The lowest BCUT2D eigenvalue weighted by atomic mass is 10.0. The fraction of sp³-hybridized carbons (Fsp3) is 0.160. The monoisotopic (exact) mass is 445 g/mol. The van der Waals surface area contributed by atoms with E-state index in [1.165, 1.54) is 17.3 Å². The van der Waals surface area contributed by atoms with Crippen LogP contribution < -0.4 is 10.1 Å². The highest BCUT2D eigenvalue weighted by Crippen LogP contribution is 2.25. The first-order valence-electron chi connectivity index (χ1n) is 10.2. The van der Waals surface area contributed by atoms with Crippen LogP contribution in [0, 0.1) is 0 Å². The summed E-state index contributed by atoms with van der Waals surface area (Å²) in [5, 5.41) is 11.4. The van der Waals surface area contributed by atoms with Gasteiger partial charge >= 0.3 is 0 Å². The van der Waals surface area contributed by atoms with Crippen molar-refractivity contribution in [2.75, 3.05) is 12.9 Å². The summed E-state index contributed by atoms with van der Waals surface area (Å²) in [5.74, 6) is 1.25. The van der Waals surface area contributed by atoms with Gasteiger partial charge < -0.3 is 14.5 Å². The molecule has 1 atom stereocenters. The van der Waals surface area contributed by atoms with Crippen LogP contribution >= 0.6 is 11.8 Å². The van der Waals surface area contributed by atoms with E-state index in [-0.39, 0.29) is 17.7 Å². The molecule has 7 heteroatoms. The predicted molar refractivity (Wildman–Crippen MR) is 125 cm³/mol. The fourth-order valence-corrected chi connectivity index (χ4v) is 3.78. The lowest BCUT2D eigenvalue weighted by Crippen LogP contribution is -2.28. The van der Waals surface area contributed by atoms with Crippen molar-refractivity contribution in [3.8, 4) is 28.3 Å². The zero-order valence-corrected chi connectivity index (χ0v) is 18.6. The number of thioether (sulfide) groups is 1. The van der Waals surface area contributed by atoms with E-state index < -0.39 is 0 Å². The standard InChI is InChI=1S/C25H23N3O3S/c1-17(18-8-10-20(11-9-18)19-6-4-3-5-7-19)26-23(29)16-32-25-28-27-24(31-25)21-12-14-22(30-2)15-13-21/h3-15,17H,16H2,1-2H3,(H,26,29). The number of aromatic nitrogens is 2. The fourth-order valence-electron chi connectivity index (χ4n) is 3.21. The average molecular weight is 446 g/mol. The van der Waals surface area contributed by atoms with Crippen LogP contribution in [0.1, 0.15) is 18.5 Å². The van der Waals surface area contributed by atoms with Gasteiger partial charge in [-0.15, -0.1) is 10.2 Å². The zero-order valence-electron chi connectivity index (χ0n) is 17.8. The van der Waals surface area contributed by atoms with Gasteiger partial charge in [0.15, 0.2) is 0 Å². The average Bonchev–Trinajstić information content (AvgIpc) is 3.32. The molecule has 6 nitrogen and oxygen atoms in total. The van der Waals surface area contributed by atoms with Gasteiger partial charge in [0.05, 0.1) is 18.9 Å². The van der Waals surface area contributed by atoms with Crippen molar-refractivity contribution in [3.63, 3.8) is 0 Å². The number of hydrogen-bond acceptors (Lipinski definition) is 6. The maximum absolute atomic E-state index is 12.4. The van der Waals surface area contributed by atoms with E-state index in [9.17, 15) is 4.79 Å². The molecule has 1 N–H and O–H groups in total. The summed E-state index contributed by atoms with van der Waals surface area (Å²) in [6.45, 7) is 1.97. The van der Waals surface area contributed by atoms with Crippen LogP contribution in [0.2, 0.25) is 0 Å². The number of benzene rings is 3. The number of methoxy groups -OCH3 is 1. The second-order valence-electron chi connectivity index (χ2n) is 7.17. The van der Waals surface area contributed by atoms with Crippen molar-refractivity contribution >= 4 is 17.7 Å². The van der Waals surface area contributed by atoms with E-state index >= 15 is 0 Å². The van der Waals surface area contributed by atoms with Crippen molar-refractivity contribution in [2.45, 2.75) is 18.2 Å². The van der Waals surface area contributed by atoms with Crippen LogP contribution in [-0.4, -0.2) is 29.0 Å². The van der Waals surface area contributed by atoms with Gasteiger partial charge in [-0.3, -0.25) is 4.79 Å². The van der Waals surface area contributed by atoms with Crippen LogP contribution in [0.25, 0.3) is 22.6 Å². The van der Waals surface area contributed by atoms with Gasteiger partial charge in [0, 0.05) is 5.56 Å². The van der Waals surface area contributed by atoms with Crippen molar-refractivity contribution in [1.82, 2.24) is 15.5 Å². The first kappa shape index (κ1) is 21.6. The highest BCUT2D eigenvalue weighted by molar-refractivity contribution is 7.99. The third kappa shape index (κ3) is 5.36. The molecule has 1 amide bonds. The van der Waals surface area contributed by atoms with Gasteiger partial charge in [0.2, 0.25) is 11.8 Å². The minimum absolute atomic E-state index is 0.0983. The topological polar surface area (TPSA) is 77.2 Å². The van der Waals surface area contributed by atoms with Crippen molar-refractivity contribution in [1.29, 1.82) is 0 Å². The van der Waals surface area contributed by atoms with Crippen molar-refractivity contribution in [2.24, 2.45) is 0 Å². The normalized spacial score (nSPS) is 11.7. The molecule has 0 bridgehead atoms. The molecule has 32 heavy (non-hydrogen) atoms. The zero-order chi connectivity index (χ0) is 22.3. The number of amides is 1. The summed E-state index contributed by atoms with van der Waals surface area (Å²) < 4.78 is 10.8. The Morgan fingerprint density at radius 3 is 2.28 bits per heavy atom. The summed E-state index contributed by atoms with van der Waals surface area (Å²) in [4.78, 5) is 12.4. The van der Waals surface area contributed by atoms with Gasteiger partial charge in [-0.25, -0.2) is 0 Å².